The van der Waals surface area contributed by atoms with E-state index in [4.69, 9.17) is 4.74 Å². The van der Waals surface area contributed by atoms with Crippen molar-refractivity contribution in [3.8, 4) is 0 Å². The molecule has 25 heavy (non-hydrogen) atoms. The fraction of sp³-hybridized carbons (Fsp3) is 0.500. The topological polar surface area (TPSA) is 82.4 Å². The summed E-state index contributed by atoms with van der Waals surface area (Å²) in [5, 5.41) is 15.4. The molecule has 1 saturated heterocycles. The van der Waals surface area contributed by atoms with Crippen molar-refractivity contribution >= 4 is 23.3 Å². The number of carbonyl (C=O) groups is 2. The minimum Gasteiger partial charge on any atom is -0.480 e. The quantitative estimate of drug-likeness (QED) is 0.892. The normalized spacial score (nSPS) is 26.5. The van der Waals surface area contributed by atoms with E-state index >= 15 is 0 Å². The first-order chi connectivity index (χ1) is 12.1. The second-order valence-electron chi connectivity index (χ2n) is 6.76. The smallest absolute Gasteiger partial charge is 0.328 e. The van der Waals surface area contributed by atoms with Crippen LogP contribution in [0.2, 0.25) is 0 Å². The molecular formula is C18H21N3O4. The molecule has 1 aliphatic carbocycles. The summed E-state index contributed by atoms with van der Waals surface area (Å²) in [6.07, 6.45) is 2.37. The average Bonchev–Trinajstić information content (AvgIpc) is 3.39. The van der Waals surface area contributed by atoms with Gasteiger partial charge in [0.25, 0.3) is 5.91 Å². The first-order valence-electron chi connectivity index (χ1n) is 8.68. The van der Waals surface area contributed by atoms with Crippen LogP contribution in [-0.2, 0) is 14.3 Å². The number of rotatable bonds is 4. The van der Waals surface area contributed by atoms with Crippen LogP contribution in [0.5, 0.6) is 0 Å². The zero-order valence-corrected chi connectivity index (χ0v) is 13.9. The molecule has 3 aliphatic rings. The van der Waals surface area contributed by atoms with Crippen molar-refractivity contribution in [2.24, 2.45) is 11.0 Å². The first-order valence-corrected chi connectivity index (χ1v) is 8.68. The Labute approximate surface area is 145 Å². The molecule has 1 aromatic carbocycles. The Hall–Kier alpha value is -2.41. The van der Waals surface area contributed by atoms with Crippen LogP contribution in [0.25, 0.3) is 0 Å². The third-order valence-electron chi connectivity index (χ3n) is 5.06. The maximum Gasteiger partial charge on any atom is 0.328 e. The molecule has 1 saturated carbocycles. The fourth-order valence-corrected chi connectivity index (χ4v) is 3.56. The maximum absolute atomic E-state index is 13.0. The number of carboxylic acids is 1. The number of hydrogen-bond acceptors (Lipinski definition) is 5. The van der Waals surface area contributed by atoms with Gasteiger partial charge in [-0.2, -0.15) is 5.10 Å². The predicted octanol–water partition coefficient (Wildman–Crippen LogP) is 1.34. The molecule has 0 bridgehead atoms. The highest BCUT2D eigenvalue weighted by Gasteiger charge is 2.43. The first kappa shape index (κ1) is 16.1. The van der Waals surface area contributed by atoms with Crippen molar-refractivity contribution in [2.45, 2.75) is 31.3 Å². The third-order valence-corrected chi connectivity index (χ3v) is 5.06. The van der Waals surface area contributed by atoms with E-state index in [2.05, 4.69) is 5.10 Å². The lowest BCUT2D eigenvalue weighted by molar-refractivity contribution is -0.138. The summed E-state index contributed by atoms with van der Waals surface area (Å²) in [6, 6.07) is 8.37. The second-order valence-corrected chi connectivity index (χ2v) is 6.76. The van der Waals surface area contributed by atoms with Crippen LogP contribution in [0.15, 0.2) is 35.4 Å². The van der Waals surface area contributed by atoms with Crippen LogP contribution in [0.1, 0.15) is 19.3 Å². The van der Waals surface area contributed by atoms with Gasteiger partial charge < -0.3 is 14.7 Å². The van der Waals surface area contributed by atoms with Gasteiger partial charge in [-0.05, 0) is 30.9 Å². The van der Waals surface area contributed by atoms with E-state index in [1.807, 2.05) is 23.1 Å². The Morgan fingerprint density at radius 2 is 1.96 bits per heavy atom. The van der Waals surface area contributed by atoms with Crippen LogP contribution in [0, 0.1) is 5.92 Å². The second kappa shape index (κ2) is 6.48. The Bertz CT molecular complexity index is 702. The number of anilines is 1. The van der Waals surface area contributed by atoms with Crippen molar-refractivity contribution in [3.63, 3.8) is 0 Å². The molecule has 0 radical (unpaired) electrons. The van der Waals surface area contributed by atoms with E-state index < -0.39 is 12.0 Å². The summed E-state index contributed by atoms with van der Waals surface area (Å²) in [5.74, 6) is -0.618. The van der Waals surface area contributed by atoms with Crippen molar-refractivity contribution in [2.75, 3.05) is 24.8 Å². The number of hydrogen-bond donors (Lipinski definition) is 1. The summed E-state index contributed by atoms with van der Waals surface area (Å²) >= 11 is 0. The zero-order chi connectivity index (χ0) is 17.4. The van der Waals surface area contributed by atoms with Crippen LogP contribution < -0.4 is 5.01 Å². The Kier molecular flexibility index (Phi) is 4.17. The number of carboxylic acid groups (broad SMARTS) is 1. The summed E-state index contributed by atoms with van der Waals surface area (Å²) in [5.41, 5.74) is 1.00. The molecule has 1 amide bonds. The number of ether oxygens (including phenoxy) is 1. The highest BCUT2D eigenvalue weighted by atomic mass is 16.5. The van der Waals surface area contributed by atoms with Gasteiger partial charge >= 0.3 is 5.97 Å². The van der Waals surface area contributed by atoms with Crippen molar-refractivity contribution in [3.05, 3.63) is 30.3 Å². The van der Waals surface area contributed by atoms with Crippen LogP contribution >= 0.6 is 0 Å². The minimum absolute atomic E-state index is 0.0954. The van der Waals surface area contributed by atoms with Crippen molar-refractivity contribution in [1.29, 1.82) is 0 Å². The van der Waals surface area contributed by atoms with Crippen LogP contribution in [0.4, 0.5) is 5.69 Å². The summed E-state index contributed by atoms with van der Waals surface area (Å²) < 4.78 is 5.54. The van der Waals surface area contributed by atoms with Gasteiger partial charge in [0, 0.05) is 13.0 Å². The molecule has 132 valence electrons. The van der Waals surface area contributed by atoms with E-state index in [0.717, 1.165) is 12.8 Å². The van der Waals surface area contributed by atoms with Gasteiger partial charge in [0.2, 0.25) is 0 Å². The molecular weight excluding hydrogens is 322 g/mol. The molecule has 1 N–H and O–H groups in total. The standard InChI is InChI=1S/C18H21N3O4/c22-17(20-8-9-25-11-16(20)12-6-7-12)14-10-15(18(23)24)21(19-14)13-4-2-1-3-5-13/h1-5,12,15-16H,6-11H2,(H,23,24). The van der Waals surface area contributed by atoms with Gasteiger partial charge in [-0.15, -0.1) is 0 Å². The SMILES string of the molecule is O=C(O)C1CC(C(=O)N2CCOCC2C2CC2)=NN1c1ccccc1. The van der Waals surface area contributed by atoms with E-state index in [0.29, 0.717) is 37.1 Å². The fourth-order valence-electron chi connectivity index (χ4n) is 3.56. The lowest BCUT2D eigenvalue weighted by atomic mass is 10.1. The van der Waals surface area contributed by atoms with Gasteiger partial charge in [0.1, 0.15) is 5.71 Å². The Morgan fingerprint density at radius 3 is 2.64 bits per heavy atom. The van der Waals surface area contributed by atoms with E-state index in [9.17, 15) is 14.7 Å². The monoisotopic (exact) mass is 343 g/mol. The number of benzene rings is 1. The third kappa shape index (κ3) is 3.11. The Balaban J connectivity index is 1.58. The van der Waals surface area contributed by atoms with Gasteiger partial charge in [-0.1, -0.05) is 18.2 Å². The molecule has 0 spiro atoms. The number of nitrogens with zero attached hydrogens (tertiary/aromatic N) is 3. The summed E-state index contributed by atoms with van der Waals surface area (Å²) in [6.45, 7) is 1.63. The number of amides is 1. The van der Waals surface area contributed by atoms with Gasteiger partial charge in [0.05, 0.1) is 24.9 Å². The molecule has 7 heteroatoms. The van der Waals surface area contributed by atoms with E-state index in [1.165, 1.54) is 5.01 Å². The largest absolute Gasteiger partial charge is 0.480 e. The summed E-state index contributed by atoms with van der Waals surface area (Å²) in [4.78, 5) is 26.5. The van der Waals surface area contributed by atoms with E-state index in [-0.39, 0.29) is 18.4 Å². The van der Waals surface area contributed by atoms with Gasteiger partial charge in [-0.25, -0.2) is 4.79 Å². The van der Waals surface area contributed by atoms with Crippen molar-refractivity contribution in [1.82, 2.24) is 4.90 Å². The molecule has 4 rings (SSSR count). The van der Waals surface area contributed by atoms with E-state index in [1.54, 1.807) is 12.1 Å². The van der Waals surface area contributed by atoms with Crippen LogP contribution in [-0.4, -0.2) is 59.4 Å². The van der Waals surface area contributed by atoms with Gasteiger partial charge in [-0.3, -0.25) is 9.80 Å². The molecule has 2 heterocycles. The summed E-state index contributed by atoms with van der Waals surface area (Å²) in [7, 11) is 0. The molecule has 7 nitrogen and oxygen atoms in total. The van der Waals surface area contributed by atoms with Gasteiger partial charge in [0.15, 0.2) is 6.04 Å². The van der Waals surface area contributed by atoms with Crippen LogP contribution in [0.3, 0.4) is 0 Å². The molecule has 2 unspecified atom stereocenters. The molecule has 2 aliphatic heterocycles. The number of morpholine rings is 1. The zero-order valence-electron chi connectivity index (χ0n) is 13.9. The molecule has 2 fully saturated rings. The number of aliphatic carboxylic acids is 1. The maximum atomic E-state index is 13.0. The highest BCUT2D eigenvalue weighted by molar-refractivity contribution is 6.40. The average molecular weight is 343 g/mol. The lowest BCUT2D eigenvalue weighted by Crippen LogP contribution is -2.52. The number of hydrazone groups is 1. The molecule has 0 aromatic heterocycles. The number of carbonyl (C=O) groups excluding carboxylic acids is 1. The Morgan fingerprint density at radius 1 is 1.20 bits per heavy atom. The van der Waals surface area contributed by atoms with Crippen molar-refractivity contribution < 1.29 is 19.4 Å². The highest BCUT2D eigenvalue weighted by Crippen LogP contribution is 2.37. The predicted molar refractivity (Wildman–Crippen MR) is 91.4 cm³/mol. The molecule has 1 aromatic rings. The number of para-hydroxylation sites is 1. The lowest BCUT2D eigenvalue weighted by Gasteiger charge is -2.35. The molecule has 2 atom stereocenters. The minimum atomic E-state index is -0.976.